The maximum atomic E-state index is 15.1. The van der Waals surface area contributed by atoms with Crippen LogP contribution in [0.15, 0.2) is 36.4 Å². The van der Waals surface area contributed by atoms with E-state index < -0.39 is 0 Å². The Balaban J connectivity index is 1.54. The predicted octanol–water partition coefficient (Wildman–Crippen LogP) is 8.24. The van der Waals surface area contributed by atoms with Crippen molar-refractivity contribution in [1.82, 2.24) is 4.98 Å². The standard InChI is InChI=1S/C29H40FNO3/c1-3-5-7-8-9-10-22-34-28-18-15-24-23-14-17-27(29(30)25(23)13-16-26(24)31-28)33-21-12-11-20-32-19-6-4-2/h13-18H,3-12,19-22H2,1-2H3. The molecule has 1 aromatic heterocycles. The number of pyridine rings is 1. The molecule has 34 heavy (non-hydrogen) atoms. The smallest absolute Gasteiger partial charge is 0.213 e. The van der Waals surface area contributed by atoms with E-state index >= 15 is 4.39 Å². The molecule has 0 radical (unpaired) electrons. The topological polar surface area (TPSA) is 40.6 Å². The number of hydrogen-bond acceptors (Lipinski definition) is 4. The molecule has 0 saturated heterocycles. The SMILES string of the molecule is CCCCCCCCOc1ccc2c(ccc3c(F)c(OCCCCOCCCC)ccc32)n1. The fourth-order valence-corrected chi connectivity index (χ4v) is 4.03. The van der Waals surface area contributed by atoms with Crippen LogP contribution in [0.2, 0.25) is 0 Å². The zero-order chi connectivity index (χ0) is 24.0. The summed E-state index contributed by atoms with van der Waals surface area (Å²) in [6, 6.07) is 11.1. The Morgan fingerprint density at radius 1 is 0.618 bits per heavy atom. The lowest BCUT2D eigenvalue weighted by atomic mass is 10.0. The maximum absolute atomic E-state index is 15.1. The third-order valence-corrected chi connectivity index (χ3v) is 6.07. The molecule has 0 bridgehead atoms. The van der Waals surface area contributed by atoms with Crippen molar-refractivity contribution in [2.45, 2.75) is 78.1 Å². The predicted molar refractivity (Wildman–Crippen MR) is 139 cm³/mol. The van der Waals surface area contributed by atoms with E-state index in [9.17, 15) is 0 Å². The van der Waals surface area contributed by atoms with Crippen molar-refractivity contribution in [2.75, 3.05) is 26.4 Å². The van der Waals surface area contributed by atoms with Gasteiger partial charge in [0.15, 0.2) is 11.6 Å². The van der Waals surface area contributed by atoms with Gasteiger partial charge in [-0.3, -0.25) is 0 Å². The first kappa shape index (κ1) is 26.2. The number of nitrogens with zero attached hydrogens (tertiary/aromatic N) is 1. The molecule has 0 saturated carbocycles. The summed E-state index contributed by atoms with van der Waals surface area (Å²) in [5.41, 5.74) is 0.809. The second-order valence-electron chi connectivity index (χ2n) is 8.89. The lowest BCUT2D eigenvalue weighted by Gasteiger charge is -2.11. The van der Waals surface area contributed by atoms with Crippen LogP contribution in [0.3, 0.4) is 0 Å². The van der Waals surface area contributed by atoms with Crippen LogP contribution >= 0.6 is 0 Å². The molecule has 0 atom stereocenters. The van der Waals surface area contributed by atoms with Crippen LogP contribution in [-0.2, 0) is 4.74 Å². The quantitative estimate of drug-likeness (QED) is 0.147. The normalized spacial score (nSPS) is 11.4. The van der Waals surface area contributed by atoms with Crippen LogP contribution in [0.25, 0.3) is 21.7 Å². The van der Waals surface area contributed by atoms with E-state index in [2.05, 4.69) is 18.8 Å². The Hall–Kier alpha value is -2.40. The van der Waals surface area contributed by atoms with Gasteiger partial charge in [-0.25, -0.2) is 9.37 Å². The van der Waals surface area contributed by atoms with Gasteiger partial charge in [-0.1, -0.05) is 52.4 Å². The molecule has 0 amide bonds. The highest BCUT2D eigenvalue weighted by molar-refractivity contribution is 6.06. The van der Waals surface area contributed by atoms with Gasteiger partial charge in [0.1, 0.15) is 0 Å². The lowest BCUT2D eigenvalue weighted by molar-refractivity contribution is 0.123. The minimum atomic E-state index is -0.318. The zero-order valence-electron chi connectivity index (χ0n) is 20.9. The fraction of sp³-hybridized carbons (Fsp3) is 0.552. The van der Waals surface area contributed by atoms with E-state index in [-0.39, 0.29) is 5.82 Å². The number of unbranched alkanes of at least 4 members (excludes halogenated alkanes) is 7. The van der Waals surface area contributed by atoms with E-state index in [1.54, 1.807) is 12.1 Å². The monoisotopic (exact) mass is 469 g/mol. The van der Waals surface area contributed by atoms with Crippen molar-refractivity contribution in [3.05, 3.63) is 42.2 Å². The van der Waals surface area contributed by atoms with E-state index in [1.165, 1.54) is 32.1 Å². The molecule has 5 heteroatoms. The van der Waals surface area contributed by atoms with Crippen molar-refractivity contribution in [2.24, 2.45) is 0 Å². The Morgan fingerprint density at radius 3 is 2.12 bits per heavy atom. The van der Waals surface area contributed by atoms with Crippen LogP contribution in [0.1, 0.15) is 78.1 Å². The van der Waals surface area contributed by atoms with Gasteiger partial charge in [0.2, 0.25) is 5.88 Å². The van der Waals surface area contributed by atoms with Crippen molar-refractivity contribution < 1.29 is 18.6 Å². The number of hydrogen-bond donors (Lipinski definition) is 0. The molecule has 0 aliphatic rings. The van der Waals surface area contributed by atoms with Crippen LogP contribution in [-0.4, -0.2) is 31.4 Å². The summed E-state index contributed by atoms with van der Waals surface area (Å²) in [4.78, 5) is 4.63. The Morgan fingerprint density at radius 2 is 1.26 bits per heavy atom. The van der Waals surface area contributed by atoms with Gasteiger partial charge in [-0.05, 0) is 61.4 Å². The lowest BCUT2D eigenvalue weighted by Crippen LogP contribution is -2.03. The fourth-order valence-electron chi connectivity index (χ4n) is 4.03. The number of benzene rings is 2. The molecule has 2 aromatic carbocycles. The van der Waals surface area contributed by atoms with Gasteiger partial charge in [0, 0.05) is 30.1 Å². The van der Waals surface area contributed by atoms with Crippen LogP contribution in [0.4, 0.5) is 4.39 Å². The molecule has 4 nitrogen and oxygen atoms in total. The summed E-state index contributed by atoms with van der Waals surface area (Å²) >= 11 is 0. The number of aromatic nitrogens is 1. The molecule has 3 aromatic rings. The third-order valence-electron chi connectivity index (χ3n) is 6.07. The van der Waals surface area contributed by atoms with E-state index in [4.69, 9.17) is 14.2 Å². The molecule has 0 aliphatic carbocycles. The van der Waals surface area contributed by atoms with Gasteiger partial charge >= 0.3 is 0 Å². The van der Waals surface area contributed by atoms with Crippen molar-refractivity contribution >= 4 is 21.7 Å². The average Bonchev–Trinajstić information content (AvgIpc) is 2.86. The summed E-state index contributed by atoms with van der Waals surface area (Å²) in [6.45, 7) is 7.08. The Labute approximate surface area is 203 Å². The highest BCUT2D eigenvalue weighted by Gasteiger charge is 2.12. The second-order valence-corrected chi connectivity index (χ2v) is 8.89. The summed E-state index contributed by atoms with van der Waals surface area (Å²) in [5, 5.41) is 2.30. The summed E-state index contributed by atoms with van der Waals surface area (Å²) in [6.07, 6.45) is 11.4. The maximum Gasteiger partial charge on any atom is 0.213 e. The van der Waals surface area contributed by atoms with Crippen molar-refractivity contribution in [3.63, 3.8) is 0 Å². The largest absolute Gasteiger partial charge is 0.490 e. The minimum absolute atomic E-state index is 0.297. The van der Waals surface area contributed by atoms with Gasteiger partial charge in [-0.15, -0.1) is 0 Å². The highest BCUT2D eigenvalue weighted by atomic mass is 19.1. The molecule has 0 unspecified atom stereocenters. The second kappa shape index (κ2) is 14.8. The Bertz CT molecular complexity index is 1010. The van der Waals surface area contributed by atoms with E-state index in [1.807, 2.05) is 24.3 Å². The Kier molecular flexibility index (Phi) is 11.4. The first-order valence-corrected chi connectivity index (χ1v) is 13.1. The van der Waals surface area contributed by atoms with E-state index in [0.717, 1.165) is 61.6 Å². The van der Waals surface area contributed by atoms with Crippen LogP contribution in [0, 0.1) is 5.82 Å². The van der Waals surface area contributed by atoms with Gasteiger partial charge in [0.05, 0.1) is 18.7 Å². The van der Waals surface area contributed by atoms with Gasteiger partial charge in [0.25, 0.3) is 0 Å². The molecular weight excluding hydrogens is 429 g/mol. The highest BCUT2D eigenvalue weighted by Crippen LogP contribution is 2.32. The van der Waals surface area contributed by atoms with Crippen LogP contribution in [0.5, 0.6) is 11.6 Å². The molecule has 0 N–H and O–H groups in total. The number of ether oxygens (including phenoxy) is 3. The zero-order valence-corrected chi connectivity index (χ0v) is 20.9. The van der Waals surface area contributed by atoms with E-state index in [0.29, 0.717) is 30.2 Å². The molecule has 0 spiro atoms. The number of fused-ring (bicyclic) bond motifs is 3. The van der Waals surface area contributed by atoms with Gasteiger partial charge in [-0.2, -0.15) is 0 Å². The summed E-state index contributed by atoms with van der Waals surface area (Å²) in [7, 11) is 0. The summed E-state index contributed by atoms with van der Waals surface area (Å²) < 4.78 is 32.2. The first-order chi connectivity index (χ1) is 16.7. The average molecular weight is 470 g/mol. The molecule has 3 rings (SSSR count). The van der Waals surface area contributed by atoms with Crippen molar-refractivity contribution in [3.8, 4) is 11.6 Å². The van der Waals surface area contributed by atoms with Gasteiger partial charge < -0.3 is 14.2 Å². The van der Waals surface area contributed by atoms with Crippen molar-refractivity contribution in [1.29, 1.82) is 0 Å². The molecular formula is C29H40FNO3. The number of halogens is 1. The molecule has 1 heterocycles. The first-order valence-electron chi connectivity index (χ1n) is 13.1. The molecule has 0 aliphatic heterocycles. The minimum Gasteiger partial charge on any atom is -0.490 e. The molecule has 0 fully saturated rings. The number of rotatable bonds is 17. The molecule has 186 valence electrons. The van der Waals surface area contributed by atoms with Crippen LogP contribution < -0.4 is 9.47 Å². The third kappa shape index (κ3) is 7.83. The summed E-state index contributed by atoms with van der Waals surface area (Å²) in [5.74, 6) is 0.604.